The van der Waals surface area contributed by atoms with Crippen LogP contribution in [0.4, 0.5) is 0 Å². The Bertz CT molecular complexity index is 539. The van der Waals surface area contributed by atoms with Crippen LogP contribution in [0.15, 0.2) is 11.6 Å². The van der Waals surface area contributed by atoms with Crippen LogP contribution in [0.3, 0.4) is 0 Å². The number of ether oxygens (including phenoxy) is 1. The maximum absolute atomic E-state index is 12.6. The Kier molecular flexibility index (Phi) is 4.61. The molecule has 3 heteroatoms. The smallest absolute Gasteiger partial charge is 0.311 e. The van der Waals surface area contributed by atoms with Crippen molar-refractivity contribution in [3.63, 3.8) is 0 Å². The highest BCUT2D eigenvalue weighted by molar-refractivity contribution is 5.77. The zero-order valence-corrected chi connectivity index (χ0v) is 15.9. The third-order valence-electron chi connectivity index (χ3n) is 7.81. The molecular weight excluding hydrogens is 300 g/mol. The van der Waals surface area contributed by atoms with Gasteiger partial charge in [0.25, 0.3) is 0 Å². The fourth-order valence-corrected chi connectivity index (χ4v) is 6.50. The van der Waals surface area contributed by atoms with Crippen LogP contribution in [0.1, 0.15) is 72.1 Å². The Hall–Kier alpha value is -0.830. The number of carbonyl (C=O) groups is 1. The average molecular weight is 335 g/mol. The molecule has 3 aliphatic carbocycles. The number of hydrogen-bond donors (Lipinski definition) is 1. The Morgan fingerprint density at radius 3 is 2.67 bits per heavy atom. The summed E-state index contributed by atoms with van der Waals surface area (Å²) in [5, 5.41) is 9.39. The number of allylic oxidation sites excluding steroid dienone is 2. The zero-order chi connectivity index (χ0) is 17.6. The van der Waals surface area contributed by atoms with Crippen LogP contribution in [-0.2, 0) is 9.53 Å². The van der Waals surface area contributed by atoms with E-state index in [2.05, 4.69) is 26.8 Å². The Morgan fingerprint density at radius 2 is 2.00 bits per heavy atom. The molecule has 3 aliphatic rings. The number of aliphatic hydroxyl groups excluding tert-OH is 1. The lowest BCUT2D eigenvalue weighted by Gasteiger charge is -2.59. The molecule has 0 aromatic rings. The molecule has 0 heterocycles. The van der Waals surface area contributed by atoms with Crippen molar-refractivity contribution in [2.24, 2.45) is 28.1 Å². The second-order valence-corrected chi connectivity index (χ2v) is 9.30. The molecule has 136 valence electrons. The number of fused-ring (bicyclic) bond motifs is 3. The fourth-order valence-electron chi connectivity index (χ4n) is 6.50. The number of rotatable bonds is 3. The Morgan fingerprint density at radius 1 is 1.25 bits per heavy atom. The van der Waals surface area contributed by atoms with Gasteiger partial charge in [0.15, 0.2) is 0 Å². The summed E-state index contributed by atoms with van der Waals surface area (Å²) in [6.45, 7) is 7.14. The molecule has 0 aliphatic heterocycles. The molecule has 0 bridgehead atoms. The van der Waals surface area contributed by atoms with E-state index in [9.17, 15) is 9.90 Å². The zero-order valence-electron chi connectivity index (χ0n) is 15.9. The number of esters is 1. The van der Waals surface area contributed by atoms with E-state index in [-0.39, 0.29) is 28.8 Å². The van der Waals surface area contributed by atoms with Gasteiger partial charge in [0.1, 0.15) is 0 Å². The van der Waals surface area contributed by atoms with Crippen molar-refractivity contribution >= 4 is 5.97 Å². The van der Waals surface area contributed by atoms with E-state index in [1.54, 1.807) is 5.57 Å². The van der Waals surface area contributed by atoms with E-state index in [1.165, 1.54) is 20.0 Å². The topological polar surface area (TPSA) is 46.5 Å². The first kappa shape index (κ1) is 18.0. The Labute approximate surface area is 146 Å². The van der Waals surface area contributed by atoms with Crippen molar-refractivity contribution in [2.75, 3.05) is 13.7 Å². The molecule has 5 atom stereocenters. The van der Waals surface area contributed by atoms with E-state index < -0.39 is 0 Å². The van der Waals surface area contributed by atoms with Gasteiger partial charge in [-0.05, 0) is 74.5 Å². The van der Waals surface area contributed by atoms with Crippen molar-refractivity contribution in [3.05, 3.63) is 11.6 Å². The van der Waals surface area contributed by atoms with E-state index >= 15 is 0 Å². The minimum absolute atomic E-state index is 0.00761. The minimum Gasteiger partial charge on any atom is -0.469 e. The molecule has 0 unspecified atom stereocenters. The van der Waals surface area contributed by atoms with Crippen molar-refractivity contribution in [2.45, 2.75) is 72.1 Å². The van der Waals surface area contributed by atoms with Gasteiger partial charge in [-0.3, -0.25) is 4.79 Å². The predicted octanol–water partition coefficient (Wildman–Crippen LogP) is 4.49. The van der Waals surface area contributed by atoms with Crippen LogP contribution in [0.2, 0.25) is 0 Å². The van der Waals surface area contributed by atoms with E-state index in [4.69, 9.17) is 4.74 Å². The van der Waals surface area contributed by atoms with Crippen LogP contribution >= 0.6 is 0 Å². The lowest BCUT2D eigenvalue weighted by molar-refractivity contribution is -0.168. The second-order valence-electron chi connectivity index (χ2n) is 9.30. The molecule has 1 N–H and O–H groups in total. The van der Waals surface area contributed by atoms with Gasteiger partial charge >= 0.3 is 5.97 Å². The SMILES string of the molecule is COC(=O)[C@]1(C)CCC[C@@]2(C)[C@H]1CCC1=C[C@@](C)(CCO)CC[C@@H]12. The lowest BCUT2D eigenvalue weighted by Crippen LogP contribution is -2.54. The van der Waals surface area contributed by atoms with Gasteiger partial charge in [0, 0.05) is 6.61 Å². The normalized spacial score (nSPS) is 45.0. The molecule has 0 aromatic heterocycles. The summed E-state index contributed by atoms with van der Waals surface area (Å²) in [5.74, 6) is 1.02. The average Bonchev–Trinajstić information content (AvgIpc) is 2.53. The number of methoxy groups -OCH3 is 1. The Balaban J connectivity index is 1.93. The number of hydrogen-bond acceptors (Lipinski definition) is 3. The monoisotopic (exact) mass is 334 g/mol. The number of aliphatic hydroxyl groups is 1. The van der Waals surface area contributed by atoms with Crippen molar-refractivity contribution < 1.29 is 14.6 Å². The van der Waals surface area contributed by atoms with Crippen molar-refractivity contribution in [1.29, 1.82) is 0 Å². The van der Waals surface area contributed by atoms with Gasteiger partial charge in [-0.2, -0.15) is 0 Å². The molecule has 3 nitrogen and oxygen atoms in total. The lowest BCUT2D eigenvalue weighted by atomic mass is 9.45. The molecule has 0 radical (unpaired) electrons. The van der Waals surface area contributed by atoms with Gasteiger partial charge < -0.3 is 9.84 Å². The molecule has 0 spiro atoms. The summed E-state index contributed by atoms with van der Waals surface area (Å²) >= 11 is 0. The summed E-state index contributed by atoms with van der Waals surface area (Å²) in [7, 11) is 1.54. The van der Waals surface area contributed by atoms with Crippen LogP contribution in [0.25, 0.3) is 0 Å². The van der Waals surface area contributed by atoms with Gasteiger partial charge in [-0.25, -0.2) is 0 Å². The maximum Gasteiger partial charge on any atom is 0.311 e. The molecule has 0 amide bonds. The van der Waals surface area contributed by atoms with E-state index in [0.717, 1.165) is 38.5 Å². The van der Waals surface area contributed by atoms with Gasteiger partial charge in [0.05, 0.1) is 12.5 Å². The first-order valence-corrected chi connectivity index (χ1v) is 9.70. The summed E-state index contributed by atoms with van der Waals surface area (Å²) in [6, 6.07) is 0. The first-order valence-electron chi connectivity index (χ1n) is 9.70. The molecule has 3 rings (SSSR count). The standard InChI is InChI=1S/C21H34O3/c1-19(12-13-22)11-8-16-15(14-19)6-7-17-20(16,2)9-5-10-21(17,3)18(23)24-4/h14,16-17,22H,5-13H2,1-4H3/t16-,17+,19+,20+,21+/m0/s1. The number of carbonyl (C=O) groups excluding carboxylic acids is 1. The molecule has 0 aromatic carbocycles. The van der Waals surface area contributed by atoms with Crippen molar-refractivity contribution in [3.8, 4) is 0 Å². The van der Waals surface area contributed by atoms with Crippen LogP contribution in [-0.4, -0.2) is 24.8 Å². The van der Waals surface area contributed by atoms with Gasteiger partial charge in [-0.1, -0.05) is 31.9 Å². The van der Waals surface area contributed by atoms with Gasteiger partial charge in [-0.15, -0.1) is 0 Å². The summed E-state index contributed by atoms with van der Waals surface area (Å²) in [4.78, 5) is 12.6. The summed E-state index contributed by atoms with van der Waals surface area (Å²) < 4.78 is 5.21. The molecule has 0 saturated heterocycles. The summed E-state index contributed by atoms with van der Waals surface area (Å²) in [6.07, 6.45) is 11.2. The molecule has 2 fully saturated rings. The van der Waals surface area contributed by atoms with E-state index in [1.807, 2.05) is 0 Å². The highest BCUT2D eigenvalue weighted by atomic mass is 16.5. The maximum atomic E-state index is 12.6. The molecule has 2 saturated carbocycles. The third-order valence-corrected chi connectivity index (χ3v) is 7.81. The van der Waals surface area contributed by atoms with Crippen LogP contribution < -0.4 is 0 Å². The first-order chi connectivity index (χ1) is 11.3. The van der Waals surface area contributed by atoms with Crippen LogP contribution in [0.5, 0.6) is 0 Å². The highest BCUT2D eigenvalue weighted by Crippen LogP contribution is 2.64. The van der Waals surface area contributed by atoms with Gasteiger partial charge in [0.2, 0.25) is 0 Å². The molecular formula is C21H34O3. The van der Waals surface area contributed by atoms with Crippen LogP contribution in [0, 0.1) is 28.1 Å². The quantitative estimate of drug-likeness (QED) is 0.611. The summed E-state index contributed by atoms with van der Waals surface area (Å²) in [5.41, 5.74) is 1.65. The third kappa shape index (κ3) is 2.64. The fraction of sp³-hybridized carbons (Fsp3) is 0.857. The van der Waals surface area contributed by atoms with Crippen molar-refractivity contribution in [1.82, 2.24) is 0 Å². The second kappa shape index (κ2) is 6.16. The minimum atomic E-state index is -0.320. The highest BCUT2D eigenvalue weighted by Gasteiger charge is 2.58. The molecule has 24 heavy (non-hydrogen) atoms. The predicted molar refractivity (Wildman–Crippen MR) is 95.4 cm³/mol. The van der Waals surface area contributed by atoms with E-state index in [0.29, 0.717) is 11.8 Å². The largest absolute Gasteiger partial charge is 0.469 e.